The molecule has 1 N–H and O–H groups in total. The molecule has 4 rings (SSSR count). The van der Waals surface area contributed by atoms with E-state index < -0.39 is 0 Å². The maximum absolute atomic E-state index is 9.77. The molecule has 2 aliphatic heterocycles. The number of fused-ring (bicyclic) bond motifs is 5. The number of hydrogen-bond donors (Lipinski definition) is 1. The van der Waals surface area contributed by atoms with Gasteiger partial charge in [-0.15, -0.1) is 0 Å². The van der Waals surface area contributed by atoms with Crippen molar-refractivity contribution >= 4 is 22.8 Å². The highest BCUT2D eigenvalue weighted by molar-refractivity contribution is 5.92. The zero-order chi connectivity index (χ0) is 15.3. The van der Waals surface area contributed by atoms with Crippen molar-refractivity contribution in [2.75, 3.05) is 18.0 Å². The summed E-state index contributed by atoms with van der Waals surface area (Å²) in [5.41, 5.74) is 3.81. The monoisotopic (exact) mass is 294 g/mol. The van der Waals surface area contributed by atoms with Crippen molar-refractivity contribution in [1.82, 2.24) is 4.98 Å². The topological polar surface area (TPSA) is 36.4 Å². The number of phenols is 1. The average molecular weight is 294 g/mol. The first-order valence-corrected chi connectivity index (χ1v) is 8.19. The molecule has 2 aliphatic rings. The van der Waals surface area contributed by atoms with Gasteiger partial charge in [-0.05, 0) is 48.8 Å². The van der Waals surface area contributed by atoms with Gasteiger partial charge in [0.05, 0.1) is 5.52 Å². The van der Waals surface area contributed by atoms with Gasteiger partial charge in [-0.3, -0.25) is 0 Å². The number of piperidine rings is 1. The third-order valence-electron chi connectivity index (χ3n) is 5.56. The van der Waals surface area contributed by atoms with Crippen LogP contribution >= 0.6 is 0 Å². The molecule has 2 aromatic rings. The van der Waals surface area contributed by atoms with E-state index in [4.69, 9.17) is 4.98 Å². The Morgan fingerprint density at radius 3 is 3.09 bits per heavy atom. The second kappa shape index (κ2) is 4.73. The van der Waals surface area contributed by atoms with Crippen LogP contribution in [0, 0.1) is 5.41 Å². The molecule has 1 atom stereocenters. The molecule has 0 saturated carbocycles. The Labute approximate surface area is 131 Å². The highest BCUT2D eigenvalue weighted by atomic mass is 16.3. The zero-order valence-corrected chi connectivity index (χ0v) is 13.1. The van der Waals surface area contributed by atoms with E-state index in [-0.39, 0.29) is 5.75 Å². The highest BCUT2D eigenvalue weighted by Crippen LogP contribution is 2.46. The van der Waals surface area contributed by atoms with Crippen molar-refractivity contribution in [2.24, 2.45) is 5.41 Å². The summed E-state index contributed by atoms with van der Waals surface area (Å²) >= 11 is 0. The van der Waals surface area contributed by atoms with Gasteiger partial charge in [-0.2, -0.15) is 0 Å². The Kier molecular flexibility index (Phi) is 2.93. The van der Waals surface area contributed by atoms with Crippen LogP contribution in [0.4, 0.5) is 5.82 Å². The second-order valence-corrected chi connectivity index (χ2v) is 6.79. The van der Waals surface area contributed by atoms with E-state index in [1.54, 1.807) is 12.1 Å². The molecule has 1 fully saturated rings. The van der Waals surface area contributed by atoms with Crippen LogP contribution in [0.5, 0.6) is 5.75 Å². The van der Waals surface area contributed by atoms with Crippen molar-refractivity contribution < 1.29 is 5.11 Å². The molecule has 2 bridgehead atoms. The third kappa shape index (κ3) is 1.84. The number of anilines is 1. The molecule has 0 radical (unpaired) electrons. The Bertz CT molecular complexity index is 768. The molecular formula is C19H22N2O. The Balaban J connectivity index is 2.00. The van der Waals surface area contributed by atoms with Crippen LogP contribution in [0.2, 0.25) is 0 Å². The predicted molar refractivity (Wildman–Crippen MR) is 91.4 cm³/mol. The number of benzene rings is 1. The lowest BCUT2D eigenvalue weighted by Gasteiger charge is -2.48. The summed E-state index contributed by atoms with van der Waals surface area (Å²) in [4.78, 5) is 7.34. The van der Waals surface area contributed by atoms with E-state index in [1.165, 1.54) is 30.4 Å². The molecular weight excluding hydrogens is 272 g/mol. The summed E-state index contributed by atoms with van der Waals surface area (Å²) in [6.45, 7) is 8.56. The number of aromatic hydroxyl groups is 1. The summed E-state index contributed by atoms with van der Waals surface area (Å²) < 4.78 is 0. The number of hydrogen-bond acceptors (Lipinski definition) is 3. The molecule has 1 aromatic carbocycles. The van der Waals surface area contributed by atoms with Crippen molar-refractivity contribution in [3.05, 3.63) is 35.9 Å². The fourth-order valence-corrected chi connectivity index (χ4v) is 4.30. The molecule has 1 saturated heterocycles. The van der Waals surface area contributed by atoms with E-state index in [2.05, 4.69) is 18.4 Å². The van der Waals surface area contributed by atoms with E-state index in [9.17, 15) is 5.11 Å². The van der Waals surface area contributed by atoms with Crippen LogP contribution in [0.1, 0.15) is 37.3 Å². The molecule has 1 aromatic heterocycles. The van der Waals surface area contributed by atoms with Crippen LogP contribution < -0.4 is 4.90 Å². The van der Waals surface area contributed by atoms with Gasteiger partial charge in [-0.1, -0.05) is 19.6 Å². The van der Waals surface area contributed by atoms with Gasteiger partial charge >= 0.3 is 0 Å². The van der Waals surface area contributed by atoms with E-state index in [1.807, 2.05) is 12.1 Å². The maximum Gasteiger partial charge on any atom is 0.133 e. The van der Waals surface area contributed by atoms with Gasteiger partial charge in [0, 0.05) is 30.1 Å². The lowest BCUT2D eigenvalue weighted by molar-refractivity contribution is 0.208. The predicted octanol–water partition coefficient (Wildman–Crippen LogP) is 4.14. The normalized spacial score (nSPS) is 23.4. The van der Waals surface area contributed by atoms with Crippen molar-refractivity contribution in [3.8, 4) is 5.75 Å². The Morgan fingerprint density at radius 1 is 1.45 bits per heavy atom. The minimum absolute atomic E-state index is 0.271. The van der Waals surface area contributed by atoms with Crippen LogP contribution in [-0.4, -0.2) is 23.2 Å². The molecule has 0 aliphatic carbocycles. The van der Waals surface area contributed by atoms with Gasteiger partial charge < -0.3 is 10.0 Å². The third-order valence-corrected chi connectivity index (χ3v) is 5.56. The first-order chi connectivity index (χ1) is 10.7. The Hall–Kier alpha value is -2.03. The maximum atomic E-state index is 9.77. The van der Waals surface area contributed by atoms with Crippen molar-refractivity contribution in [1.29, 1.82) is 0 Å². The quantitative estimate of drug-likeness (QED) is 0.904. The van der Waals surface area contributed by atoms with Crippen LogP contribution in [-0.2, 0) is 6.42 Å². The largest absolute Gasteiger partial charge is 0.508 e. The number of aromatic nitrogens is 1. The summed E-state index contributed by atoms with van der Waals surface area (Å²) in [7, 11) is 0. The Morgan fingerprint density at radius 2 is 2.32 bits per heavy atom. The molecule has 3 heterocycles. The SMILES string of the molecule is C=Cc1c2c(nc3cc(O)ccc13)N1CCCC(CC)(C2)C1. The minimum Gasteiger partial charge on any atom is -0.508 e. The smallest absolute Gasteiger partial charge is 0.133 e. The van der Waals surface area contributed by atoms with Crippen molar-refractivity contribution in [2.45, 2.75) is 32.6 Å². The van der Waals surface area contributed by atoms with Gasteiger partial charge in [-0.25, -0.2) is 4.98 Å². The molecule has 3 heteroatoms. The summed E-state index contributed by atoms with van der Waals surface area (Å²) in [6, 6.07) is 5.46. The summed E-state index contributed by atoms with van der Waals surface area (Å²) in [5.74, 6) is 1.38. The first-order valence-electron chi connectivity index (χ1n) is 8.19. The molecule has 114 valence electrons. The van der Waals surface area contributed by atoms with Gasteiger partial charge in [0.1, 0.15) is 11.6 Å². The van der Waals surface area contributed by atoms with E-state index in [0.29, 0.717) is 5.41 Å². The first kappa shape index (κ1) is 13.6. The fraction of sp³-hybridized carbons (Fsp3) is 0.421. The lowest BCUT2D eigenvalue weighted by atomic mass is 9.70. The number of nitrogens with zero attached hydrogens (tertiary/aromatic N) is 2. The molecule has 3 nitrogen and oxygen atoms in total. The summed E-state index contributed by atoms with van der Waals surface area (Å²) in [5, 5.41) is 10.9. The zero-order valence-electron chi connectivity index (χ0n) is 13.1. The highest BCUT2D eigenvalue weighted by Gasteiger charge is 2.40. The number of rotatable bonds is 2. The molecule has 0 amide bonds. The van der Waals surface area contributed by atoms with Crippen LogP contribution in [0.15, 0.2) is 24.8 Å². The van der Waals surface area contributed by atoms with Crippen LogP contribution in [0.3, 0.4) is 0 Å². The molecule has 22 heavy (non-hydrogen) atoms. The van der Waals surface area contributed by atoms with E-state index in [0.717, 1.165) is 36.2 Å². The van der Waals surface area contributed by atoms with Gasteiger partial charge in [0.25, 0.3) is 0 Å². The van der Waals surface area contributed by atoms with E-state index >= 15 is 0 Å². The molecule has 1 unspecified atom stereocenters. The van der Waals surface area contributed by atoms with Crippen molar-refractivity contribution in [3.63, 3.8) is 0 Å². The van der Waals surface area contributed by atoms with Crippen LogP contribution in [0.25, 0.3) is 17.0 Å². The number of pyridine rings is 1. The minimum atomic E-state index is 0.271. The molecule has 0 spiro atoms. The standard InChI is InChI=1S/C19H22N2O/c1-3-14-15-7-6-13(22)10-17(15)20-18-16(14)11-19(4-2)8-5-9-21(18)12-19/h3,6-7,10,22H,1,4-5,8-9,11-12H2,2H3. The second-order valence-electron chi connectivity index (χ2n) is 6.79. The van der Waals surface area contributed by atoms with Gasteiger partial charge in [0.2, 0.25) is 0 Å². The van der Waals surface area contributed by atoms with Gasteiger partial charge in [0.15, 0.2) is 0 Å². The average Bonchev–Trinajstić information content (AvgIpc) is 2.53. The summed E-state index contributed by atoms with van der Waals surface area (Å²) in [6.07, 6.45) is 6.83. The lowest BCUT2D eigenvalue weighted by Crippen LogP contribution is -2.48. The number of phenolic OH excluding ortho intramolecular Hbond substituents is 1. The fourth-order valence-electron chi connectivity index (χ4n) is 4.30.